The van der Waals surface area contributed by atoms with Crippen LogP contribution in [-0.2, 0) is 0 Å². The Morgan fingerprint density at radius 1 is 0.820 bits per heavy atom. The van der Waals surface area contributed by atoms with Gasteiger partial charge in [-0.25, -0.2) is 19.9 Å². The van der Waals surface area contributed by atoms with Gasteiger partial charge < -0.3 is 47.2 Å². The zero-order chi connectivity index (χ0) is 37.4. The number of nitrogens with one attached hydrogen (secondary N) is 2. The number of rotatable bonds is 4. The molecule has 0 amide bonds. The first-order chi connectivity index (χ1) is 23.4. The Morgan fingerprint density at radius 2 is 1.40 bits per heavy atom. The first kappa shape index (κ1) is 38.8. The molecule has 0 bridgehead atoms. The number of nitrogens with two attached hydrogens (primary N) is 4. The van der Waals surface area contributed by atoms with E-state index in [9.17, 15) is 4.79 Å². The van der Waals surface area contributed by atoms with Gasteiger partial charge in [-0.3, -0.25) is 9.78 Å². The van der Waals surface area contributed by atoms with Crippen LogP contribution in [0.25, 0.3) is 22.3 Å². The minimum Gasteiger partial charge on any atom is -0.397 e. The van der Waals surface area contributed by atoms with Crippen LogP contribution in [0.1, 0.15) is 74.4 Å². The molecule has 0 fully saturated rings. The van der Waals surface area contributed by atoms with Crippen LogP contribution >= 0.6 is 0 Å². The highest BCUT2D eigenvalue weighted by atomic mass is 16.1. The summed E-state index contributed by atoms with van der Waals surface area (Å²) >= 11 is 0. The lowest BCUT2D eigenvalue weighted by atomic mass is 10.2. The lowest BCUT2D eigenvalue weighted by Crippen LogP contribution is -2.47. The van der Waals surface area contributed by atoms with Crippen LogP contribution in [-0.4, -0.2) is 67.9 Å². The van der Waals surface area contributed by atoms with Crippen LogP contribution in [0.3, 0.4) is 0 Å². The molecule has 0 aliphatic carbocycles. The maximum atomic E-state index is 11.4. The molecule has 0 saturated carbocycles. The summed E-state index contributed by atoms with van der Waals surface area (Å²) in [7, 11) is 0. The predicted octanol–water partition coefficient (Wildman–Crippen LogP) is 3.89. The number of imidazole rings is 2. The van der Waals surface area contributed by atoms with Gasteiger partial charge in [0.1, 0.15) is 17.2 Å². The van der Waals surface area contributed by atoms with Crippen molar-refractivity contribution in [2.45, 2.75) is 92.6 Å². The van der Waals surface area contributed by atoms with E-state index in [2.05, 4.69) is 94.8 Å². The molecule has 0 spiro atoms. The second-order valence-electron chi connectivity index (χ2n) is 12.9. The molecule has 270 valence electrons. The van der Waals surface area contributed by atoms with E-state index in [1.54, 1.807) is 35.6 Å². The number of fused-ring (bicyclic) bond motifs is 2. The summed E-state index contributed by atoms with van der Waals surface area (Å²) in [6.45, 7) is 26.2. The van der Waals surface area contributed by atoms with Gasteiger partial charge in [-0.2, -0.15) is 4.98 Å². The van der Waals surface area contributed by atoms with Crippen LogP contribution in [0.4, 0.5) is 11.6 Å². The van der Waals surface area contributed by atoms with E-state index in [1.807, 2.05) is 42.6 Å². The molecule has 2 aliphatic heterocycles. The molecule has 50 heavy (non-hydrogen) atoms. The molecular weight excluding hydrogens is 634 g/mol. The molecule has 2 aliphatic rings. The summed E-state index contributed by atoms with van der Waals surface area (Å²) in [5.74, 6) is 2.22. The van der Waals surface area contributed by atoms with E-state index in [4.69, 9.17) is 22.9 Å². The first-order valence-corrected chi connectivity index (χ1v) is 16.4. The molecule has 4 aromatic heterocycles. The van der Waals surface area contributed by atoms with Gasteiger partial charge in [0.25, 0.3) is 5.56 Å². The molecule has 6 rings (SSSR count). The minimum absolute atomic E-state index is 0.0764. The average molecular weight is 688 g/mol. The van der Waals surface area contributed by atoms with E-state index < -0.39 is 0 Å². The summed E-state index contributed by atoms with van der Waals surface area (Å²) in [6.07, 6.45) is 10.7. The number of aromatic nitrogens is 7. The number of nitrogen functional groups attached to an aromatic ring is 2. The lowest BCUT2D eigenvalue weighted by Gasteiger charge is -2.35. The van der Waals surface area contributed by atoms with Crippen molar-refractivity contribution in [3.05, 3.63) is 84.1 Å². The molecular formula is C34H53N15O. The van der Waals surface area contributed by atoms with Crippen LogP contribution in [0.15, 0.2) is 83.6 Å². The third-order valence-corrected chi connectivity index (χ3v) is 7.60. The number of aromatic amines is 1. The number of amidine groups is 1. The molecule has 4 aromatic rings. The van der Waals surface area contributed by atoms with Gasteiger partial charge in [0.15, 0.2) is 16.8 Å². The Bertz CT molecular complexity index is 1940. The summed E-state index contributed by atoms with van der Waals surface area (Å²) < 4.78 is 3.81. The number of hydrogen-bond acceptors (Lipinski definition) is 13. The second-order valence-corrected chi connectivity index (χ2v) is 12.9. The molecule has 1 unspecified atom stereocenters. The third kappa shape index (κ3) is 9.49. The lowest BCUT2D eigenvalue weighted by molar-refractivity contribution is 0.325. The van der Waals surface area contributed by atoms with E-state index in [0.29, 0.717) is 46.6 Å². The zero-order valence-corrected chi connectivity index (χ0v) is 30.6. The molecule has 16 nitrogen and oxygen atoms in total. The number of aliphatic imine (C=N–C) groups is 1. The van der Waals surface area contributed by atoms with Crippen LogP contribution in [0.5, 0.6) is 0 Å². The Kier molecular flexibility index (Phi) is 12.9. The van der Waals surface area contributed by atoms with Gasteiger partial charge in [0.2, 0.25) is 5.95 Å². The molecule has 1 atom stereocenters. The van der Waals surface area contributed by atoms with Gasteiger partial charge in [-0.15, -0.1) is 0 Å². The Hall–Kier alpha value is -5.64. The van der Waals surface area contributed by atoms with Crippen molar-refractivity contribution in [3.63, 3.8) is 0 Å². The van der Waals surface area contributed by atoms with Gasteiger partial charge in [0.05, 0.1) is 30.3 Å². The van der Waals surface area contributed by atoms with E-state index >= 15 is 0 Å². The van der Waals surface area contributed by atoms with Crippen molar-refractivity contribution < 1.29 is 0 Å². The summed E-state index contributed by atoms with van der Waals surface area (Å²) in [5.41, 5.74) is 26.4. The first-order valence-electron chi connectivity index (χ1n) is 16.4. The fourth-order valence-corrected chi connectivity index (χ4v) is 4.82. The van der Waals surface area contributed by atoms with Crippen LogP contribution in [0.2, 0.25) is 0 Å². The summed E-state index contributed by atoms with van der Waals surface area (Å²) in [4.78, 5) is 38.3. The topological polar surface area (TPSA) is 229 Å². The smallest absolute Gasteiger partial charge is 0.280 e. The number of hydrogen-bond donors (Lipinski definition) is 6. The summed E-state index contributed by atoms with van der Waals surface area (Å²) in [6, 6.07) is 3.14. The largest absolute Gasteiger partial charge is 0.397 e. The Balaban J connectivity index is 0.000000181. The SMILES string of the molecule is C=C1N=C(N)C=CN1C(C)C.C=C1NC(N)C(C)=CN1C(C)C.CC(C)n1cnc2c(=O)[nH]c(N)nc21.CC(C)n1cnc2c(N)ccnc21. The average Bonchev–Trinajstić information content (AvgIpc) is 3.66. The normalized spacial score (nSPS) is 15.8. The zero-order valence-electron chi connectivity index (χ0n) is 30.6. The number of H-pyrrole nitrogens is 1. The maximum Gasteiger partial charge on any atom is 0.280 e. The van der Waals surface area contributed by atoms with Crippen molar-refractivity contribution in [2.24, 2.45) is 16.5 Å². The standard InChI is InChI=1S/C9H12N4.C9H17N3.C8H11N5O.C8H13N3/c1-6(2)13-5-12-8-7(10)3-4-11-9(8)13;1-6(2)12-5-7(3)9(10)11-8(12)4;1-4(2)13-3-10-5-6(13)11-8(9)12-7(5)14;1-6(2)11-5-4-8(9)10-7(11)3/h3-6H,1-2H3,(H2,10,11);5-6,9,11H,4,10H2,1-3H3;3-4H,1-2H3,(H3,9,11,12,14);4-6H,3H2,1-2H3,(H2,9,10). The number of anilines is 2. The fraction of sp³-hybridized carbons (Fsp3) is 0.412. The van der Waals surface area contributed by atoms with Crippen molar-refractivity contribution in [3.8, 4) is 0 Å². The van der Waals surface area contributed by atoms with Gasteiger partial charge in [-0.05, 0) is 80.0 Å². The van der Waals surface area contributed by atoms with Crippen molar-refractivity contribution in [2.75, 3.05) is 11.5 Å². The number of pyridine rings is 1. The fourth-order valence-electron chi connectivity index (χ4n) is 4.82. The molecule has 6 heterocycles. The van der Waals surface area contributed by atoms with E-state index in [-0.39, 0.29) is 23.7 Å². The minimum atomic E-state index is -0.299. The molecule has 10 N–H and O–H groups in total. The second kappa shape index (κ2) is 16.6. The van der Waals surface area contributed by atoms with Crippen molar-refractivity contribution in [1.29, 1.82) is 0 Å². The highest BCUT2D eigenvalue weighted by molar-refractivity contribution is 5.92. The third-order valence-electron chi connectivity index (χ3n) is 7.60. The highest BCUT2D eigenvalue weighted by Crippen LogP contribution is 2.20. The Morgan fingerprint density at radius 3 is 1.96 bits per heavy atom. The predicted molar refractivity (Wildman–Crippen MR) is 203 cm³/mol. The molecule has 0 aromatic carbocycles. The quantitative estimate of drug-likeness (QED) is 0.180. The van der Waals surface area contributed by atoms with Crippen molar-refractivity contribution in [1.82, 2.24) is 49.2 Å². The highest BCUT2D eigenvalue weighted by Gasteiger charge is 2.18. The summed E-state index contributed by atoms with van der Waals surface area (Å²) in [5, 5.41) is 3.10. The van der Waals surface area contributed by atoms with Crippen molar-refractivity contribution >= 4 is 39.8 Å². The molecule has 16 heteroatoms. The maximum absolute atomic E-state index is 11.4. The van der Waals surface area contributed by atoms with Gasteiger partial charge in [-0.1, -0.05) is 13.2 Å². The van der Waals surface area contributed by atoms with Gasteiger partial charge >= 0.3 is 0 Å². The monoisotopic (exact) mass is 687 g/mol. The molecule has 0 radical (unpaired) electrons. The van der Waals surface area contributed by atoms with E-state index in [0.717, 1.165) is 22.6 Å². The number of nitrogens with zero attached hydrogens (tertiary/aromatic N) is 9. The van der Waals surface area contributed by atoms with Crippen LogP contribution in [0, 0.1) is 0 Å². The molecule has 0 saturated heterocycles. The van der Waals surface area contributed by atoms with Gasteiger partial charge in [0, 0.05) is 42.8 Å². The Labute approximate surface area is 293 Å². The van der Waals surface area contributed by atoms with Crippen LogP contribution < -0.4 is 33.8 Å². The van der Waals surface area contributed by atoms with E-state index in [1.165, 1.54) is 0 Å².